The highest BCUT2D eigenvalue weighted by Crippen LogP contribution is 2.25. The molecule has 2 heterocycles. The predicted molar refractivity (Wildman–Crippen MR) is 85.6 cm³/mol. The Balaban J connectivity index is 2.29. The van der Waals surface area contributed by atoms with Gasteiger partial charge in [0, 0.05) is 19.5 Å². The van der Waals surface area contributed by atoms with Crippen molar-refractivity contribution in [2.45, 2.75) is 59.7 Å². The second kappa shape index (κ2) is 6.62. The summed E-state index contributed by atoms with van der Waals surface area (Å²) in [4.78, 5) is 0. The Bertz CT molecular complexity index is 614. The van der Waals surface area contributed by atoms with Gasteiger partial charge in [-0.25, -0.2) is 0 Å². The molecule has 0 aliphatic carbocycles. The Kier molecular flexibility index (Phi) is 5.06. The van der Waals surface area contributed by atoms with Gasteiger partial charge in [0.1, 0.15) is 0 Å². The molecule has 21 heavy (non-hydrogen) atoms. The van der Waals surface area contributed by atoms with Crippen molar-refractivity contribution >= 4 is 11.6 Å². The molecule has 0 fully saturated rings. The monoisotopic (exact) mass is 309 g/mol. The van der Waals surface area contributed by atoms with E-state index in [4.69, 9.17) is 17.3 Å². The summed E-state index contributed by atoms with van der Waals surface area (Å²) in [6.45, 7) is 9.78. The van der Waals surface area contributed by atoms with Crippen LogP contribution in [-0.2, 0) is 25.9 Å². The van der Waals surface area contributed by atoms with Crippen molar-refractivity contribution in [1.29, 1.82) is 0 Å². The lowest BCUT2D eigenvalue weighted by molar-refractivity contribution is 0.540. The Morgan fingerprint density at radius 3 is 2.43 bits per heavy atom. The van der Waals surface area contributed by atoms with Gasteiger partial charge in [-0.05, 0) is 33.3 Å². The SMILES string of the molecule is CCc1cc(C(N)Cc2c(Cl)c(C)nn2CC)n(CC)n1. The number of aromatic nitrogens is 4. The highest BCUT2D eigenvalue weighted by molar-refractivity contribution is 6.31. The predicted octanol–water partition coefficient (Wildman–Crippen LogP) is 2.89. The Morgan fingerprint density at radius 1 is 1.19 bits per heavy atom. The first kappa shape index (κ1) is 16.0. The average molecular weight is 310 g/mol. The zero-order valence-corrected chi connectivity index (χ0v) is 14.0. The molecule has 2 aromatic rings. The van der Waals surface area contributed by atoms with Gasteiger partial charge < -0.3 is 5.73 Å². The zero-order valence-electron chi connectivity index (χ0n) is 13.2. The zero-order chi connectivity index (χ0) is 15.6. The van der Waals surface area contributed by atoms with Crippen molar-refractivity contribution < 1.29 is 0 Å². The number of nitrogens with two attached hydrogens (primary N) is 1. The molecule has 1 atom stereocenters. The fraction of sp³-hybridized carbons (Fsp3) is 0.600. The minimum atomic E-state index is -0.128. The number of rotatable bonds is 6. The van der Waals surface area contributed by atoms with Gasteiger partial charge >= 0.3 is 0 Å². The molecule has 0 radical (unpaired) electrons. The van der Waals surface area contributed by atoms with Crippen molar-refractivity contribution in [3.05, 3.63) is 33.9 Å². The van der Waals surface area contributed by atoms with Gasteiger partial charge in [0.05, 0.1) is 33.8 Å². The van der Waals surface area contributed by atoms with Crippen LogP contribution in [0.1, 0.15) is 49.6 Å². The van der Waals surface area contributed by atoms with Crippen LogP contribution in [0.25, 0.3) is 0 Å². The first-order valence-corrected chi connectivity index (χ1v) is 7.93. The van der Waals surface area contributed by atoms with Gasteiger partial charge in [0.25, 0.3) is 0 Å². The van der Waals surface area contributed by atoms with E-state index >= 15 is 0 Å². The molecule has 0 spiro atoms. The van der Waals surface area contributed by atoms with Crippen LogP contribution >= 0.6 is 11.6 Å². The van der Waals surface area contributed by atoms with Gasteiger partial charge in [0.2, 0.25) is 0 Å². The number of aryl methyl sites for hydroxylation is 4. The molecule has 2 N–H and O–H groups in total. The highest BCUT2D eigenvalue weighted by atomic mass is 35.5. The smallest absolute Gasteiger partial charge is 0.0847 e. The molecule has 0 aliphatic rings. The summed E-state index contributed by atoms with van der Waals surface area (Å²) < 4.78 is 3.92. The van der Waals surface area contributed by atoms with Crippen LogP contribution in [0.3, 0.4) is 0 Å². The van der Waals surface area contributed by atoms with Gasteiger partial charge in [-0.15, -0.1) is 0 Å². The Hall–Kier alpha value is -1.33. The molecule has 2 aromatic heterocycles. The van der Waals surface area contributed by atoms with E-state index in [1.165, 1.54) is 0 Å². The van der Waals surface area contributed by atoms with E-state index < -0.39 is 0 Å². The summed E-state index contributed by atoms with van der Waals surface area (Å²) in [5.41, 5.74) is 10.4. The normalized spacial score (nSPS) is 12.9. The summed E-state index contributed by atoms with van der Waals surface area (Å²) in [6, 6.07) is 1.97. The van der Waals surface area contributed by atoms with Crippen LogP contribution in [-0.4, -0.2) is 19.6 Å². The van der Waals surface area contributed by atoms with E-state index in [2.05, 4.69) is 37.0 Å². The van der Waals surface area contributed by atoms with Gasteiger partial charge in [0.15, 0.2) is 0 Å². The maximum atomic E-state index is 6.41. The third-order valence-corrected chi connectivity index (χ3v) is 4.26. The van der Waals surface area contributed by atoms with Gasteiger partial charge in [-0.1, -0.05) is 18.5 Å². The fourth-order valence-corrected chi connectivity index (χ4v) is 2.80. The maximum Gasteiger partial charge on any atom is 0.0847 e. The quantitative estimate of drug-likeness (QED) is 0.892. The van der Waals surface area contributed by atoms with Crippen LogP contribution in [0, 0.1) is 6.92 Å². The minimum Gasteiger partial charge on any atom is -0.322 e. The summed E-state index contributed by atoms with van der Waals surface area (Å²) >= 11 is 6.37. The summed E-state index contributed by atoms with van der Waals surface area (Å²) in [6.07, 6.45) is 1.59. The van der Waals surface area contributed by atoms with E-state index in [0.717, 1.165) is 47.3 Å². The number of halogens is 1. The molecule has 2 rings (SSSR count). The largest absolute Gasteiger partial charge is 0.322 e. The van der Waals surface area contributed by atoms with E-state index in [1.54, 1.807) is 0 Å². The molecular formula is C15H24ClN5. The van der Waals surface area contributed by atoms with Crippen molar-refractivity contribution in [1.82, 2.24) is 19.6 Å². The topological polar surface area (TPSA) is 61.7 Å². The molecule has 116 valence electrons. The van der Waals surface area contributed by atoms with E-state index in [-0.39, 0.29) is 6.04 Å². The van der Waals surface area contributed by atoms with Crippen LogP contribution in [0.2, 0.25) is 5.02 Å². The van der Waals surface area contributed by atoms with Crippen LogP contribution in [0.5, 0.6) is 0 Å². The first-order valence-electron chi connectivity index (χ1n) is 7.55. The van der Waals surface area contributed by atoms with Crippen molar-refractivity contribution in [2.75, 3.05) is 0 Å². The molecule has 0 aromatic carbocycles. The third kappa shape index (κ3) is 3.14. The van der Waals surface area contributed by atoms with Crippen LogP contribution in [0.4, 0.5) is 0 Å². The maximum absolute atomic E-state index is 6.41. The van der Waals surface area contributed by atoms with Crippen LogP contribution < -0.4 is 5.73 Å². The molecule has 6 heteroatoms. The number of nitrogens with zero attached hydrogens (tertiary/aromatic N) is 4. The first-order chi connectivity index (χ1) is 10.0. The Labute approximate surface area is 131 Å². The second-order valence-electron chi connectivity index (χ2n) is 5.20. The average Bonchev–Trinajstić information content (AvgIpc) is 3.03. The molecule has 0 aliphatic heterocycles. The number of hydrogen-bond acceptors (Lipinski definition) is 3. The van der Waals surface area contributed by atoms with Crippen molar-refractivity contribution in [3.8, 4) is 0 Å². The fourth-order valence-electron chi connectivity index (χ4n) is 2.59. The molecule has 0 saturated carbocycles. The molecule has 0 bridgehead atoms. The van der Waals surface area contributed by atoms with E-state index in [9.17, 15) is 0 Å². The highest BCUT2D eigenvalue weighted by Gasteiger charge is 2.19. The lowest BCUT2D eigenvalue weighted by Gasteiger charge is -2.14. The summed E-state index contributed by atoms with van der Waals surface area (Å²) in [5.74, 6) is 0. The standard InChI is InChI=1S/C15H24ClN5/c1-5-11-8-13(20(6-2)19-11)12(17)9-14-15(16)10(4)18-21(14)7-3/h8,12H,5-7,9,17H2,1-4H3. The van der Waals surface area contributed by atoms with Crippen molar-refractivity contribution in [3.63, 3.8) is 0 Å². The molecule has 5 nitrogen and oxygen atoms in total. The molecule has 0 amide bonds. The van der Waals surface area contributed by atoms with Crippen molar-refractivity contribution in [2.24, 2.45) is 5.73 Å². The molecule has 0 saturated heterocycles. The Morgan fingerprint density at radius 2 is 1.86 bits per heavy atom. The molecular weight excluding hydrogens is 286 g/mol. The van der Waals surface area contributed by atoms with Gasteiger partial charge in [-0.2, -0.15) is 10.2 Å². The third-order valence-electron chi connectivity index (χ3n) is 3.77. The van der Waals surface area contributed by atoms with E-state index in [0.29, 0.717) is 6.42 Å². The lowest BCUT2D eigenvalue weighted by Crippen LogP contribution is -2.20. The second-order valence-corrected chi connectivity index (χ2v) is 5.58. The lowest BCUT2D eigenvalue weighted by atomic mass is 10.1. The molecule has 1 unspecified atom stereocenters. The minimum absolute atomic E-state index is 0.128. The van der Waals surface area contributed by atoms with Crippen LogP contribution in [0.15, 0.2) is 6.07 Å². The summed E-state index contributed by atoms with van der Waals surface area (Å²) in [5, 5.41) is 9.73. The van der Waals surface area contributed by atoms with E-state index in [1.807, 2.05) is 16.3 Å². The van der Waals surface area contributed by atoms with Gasteiger partial charge in [-0.3, -0.25) is 9.36 Å². The summed E-state index contributed by atoms with van der Waals surface area (Å²) in [7, 11) is 0. The number of hydrogen-bond donors (Lipinski definition) is 1.